The number of para-hydroxylation sites is 1. The number of thiazole rings is 1. The van der Waals surface area contributed by atoms with Crippen LogP contribution in [0, 0.1) is 13.8 Å². The molecule has 8 heteroatoms. The van der Waals surface area contributed by atoms with Gasteiger partial charge in [0.25, 0.3) is 5.91 Å². The summed E-state index contributed by atoms with van der Waals surface area (Å²) in [6, 6.07) is 12.0. The van der Waals surface area contributed by atoms with Crippen LogP contribution in [0.25, 0.3) is 10.2 Å². The second kappa shape index (κ2) is 9.03. The zero-order chi connectivity index (χ0) is 22.1. The van der Waals surface area contributed by atoms with Gasteiger partial charge in [0, 0.05) is 36.5 Å². The first-order valence-corrected chi connectivity index (χ1v) is 12.5. The molecule has 4 heterocycles. The quantitative estimate of drug-likeness (QED) is 0.358. The van der Waals surface area contributed by atoms with Crippen LogP contribution in [0.3, 0.4) is 0 Å². The Morgan fingerprint density at radius 2 is 2.12 bits per heavy atom. The smallest absolute Gasteiger partial charge is 0.256 e. The second-order valence-electron chi connectivity index (χ2n) is 8.06. The number of thioether (sulfide) groups is 1. The van der Waals surface area contributed by atoms with Crippen molar-refractivity contribution in [2.45, 2.75) is 43.4 Å². The molecule has 1 saturated heterocycles. The van der Waals surface area contributed by atoms with Crippen molar-refractivity contribution in [3.05, 3.63) is 70.2 Å². The molecule has 32 heavy (non-hydrogen) atoms. The van der Waals surface area contributed by atoms with Crippen LogP contribution >= 0.6 is 23.1 Å². The molecule has 0 radical (unpaired) electrons. The summed E-state index contributed by atoms with van der Waals surface area (Å²) in [5.41, 5.74) is 3.65. The molecule has 0 spiro atoms. The maximum Gasteiger partial charge on any atom is 0.256 e. The van der Waals surface area contributed by atoms with Crippen LogP contribution in [-0.2, 0) is 5.75 Å². The molecular formula is C24H24N4O2S2. The maximum atomic E-state index is 13.5. The molecule has 0 saturated carbocycles. The Kier molecular flexibility index (Phi) is 5.97. The highest BCUT2D eigenvalue weighted by Gasteiger charge is 2.29. The number of likely N-dealkylation sites (tertiary alicyclic amines) is 1. The van der Waals surface area contributed by atoms with Gasteiger partial charge in [-0.1, -0.05) is 17.3 Å². The summed E-state index contributed by atoms with van der Waals surface area (Å²) >= 11 is 3.30. The number of aryl methyl sites for hydroxylation is 2. The first kappa shape index (κ1) is 21.2. The SMILES string of the molecule is Cc1noc(C)c1CSc1ncccc1C(=O)N1CCCC(c2nc3ccccc3s2)C1. The Bertz CT molecular complexity index is 1210. The van der Waals surface area contributed by atoms with E-state index in [2.05, 4.69) is 22.3 Å². The van der Waals surface area contributed by atoms with Gasteiger partial charge in [-0.2, -0.15) is 0 Å². The number of hydrogen-bond donors (Lipinski definition) is 0. The lowest BCUT2D eigenvalue weighted by Crippen LogP contribution is -2.39. The average molecular weight is 465 g/mol. The standard InChI is InChI=1S/C24H24N4O2S2/c1-15-19(16(2)30-27-15)14-31-23-18(8-5-11-25-23)24(29)28-12-6-7-17(13-28)22-26-20-9-3-4-10-21(20)32-22/h3-5,8-11,17H,6-7,12-14H2,1-2H3. The lowest BCUT2D eigenvalue weighted by atomic mass is 9.98. The number of amides is 1. The van der Waals surface area contributed by atoms with Crippen LogP contribution in [0.5, 0.6) is 0 Å². The Morgan fingerprint density at radius 1 is 1.25 bits per heavy atom. The molecule has 1 aliphatic rings. The number of carbonyl (C=O) groups is 1. The summed E-state index contributed by atoms with van der Waals surface area (Å²) in [4.78, 5) is 24.8. The van der Waals surface area contributed by atoms with E-state index in [9.17, 15) is 4.79 Å². The first-order valence-electron chi connectivity index (χ1n) is 10.7. The van der Waals surface area contributed by atoms with Gasteiger partial charge in [0.2, 0.25) is 0 Å². The molecule has 5 rings (SSSR count). The van der Waals surface area contributed by atoms with Crippen molar-refractivity contribution in [1.82, 2.24) is 20.0 Å². The minimum atomic E-state index is 0.0465. The van der Waals surface area contributed by atoms with E-state index in [0.717, 1.165) is 52.0 Å². The molecule has 0 aliphatic carbocycles. The number of fused-ring (bicyclic) bond motifs is 1. The number of carbonyl (C=O) groups excluding carboxylic acids is 1. The van der Waals surface area contributed by atoms with Crippen LogP contribution in [0.4, 0.5) is 0 Å². The summed E-state index contributed by atoms with van der Waals surface area (Å²) < 4.78 is 6.47. The van der Waals surface area contributed by atoms with Gasteiger partial charge in [0.15, 0.2) is 0 Å². The molecule has 1 atom stereocenters. The molecule has 0 bridgehead atoms. The van der Waals surface area contributed by atoms with Crippen molar-refractivity contribution in [2.75, 3.05) is 13.1 Å². The van der Waals surface area contributed by atoms with Crippen molar-refractivity contribution in [3.63, 3.8) is 0 Å². The van der Waals surface area contributed by atoms with Gasteiger partial charge in [-0.25, -0.2) is 9.97 Å². The van der Waals surface area contributed by atoms with Gasteiger partial charge in [-0.15, -0.1) is 23.1 Å². The summed E-state index contributed by atoms with van der Waals surface area (Å²) in [6.45, 7) is 5.31. The number of hydrogen-bond acceptors (Lipinski definition) is 7. The molecule has 3 aromatic heterocycles. The minimum Gasteiger partial charge on any atom is -0.361 e. The predicted molar refractivity (Wildman–Crippen MR) is 127 cm³/mol. The van der Waals surface area contributed by atoms with E-state index < -0.39 is 0 Å². The van der Waals surface area contributed by atoms with Crippen molar-refractivity contribution >= 4 is 39.2 Å². The van der Waals surface area contributed by atoms with E-state index in [0.29, 0.717) is 17.9 Å². The molecule has 1 aliphatic heterocycles. The topological polar surface area (TPSA) is 72.1 Å². The Balaban J connectivity index is 1.33. The molecule has 1 aromatic carbocycles. The average Bonchev–Trinajstić information content (AvgIpc) is 3.40. The van der Waals surface area contributed by atoms with Crippen molar-refractivity contribution in [2.24, 2.45) is 0 Å². The third kappa shape index (κ3) is 4.17. The number of piperidine rings is 1. The summed E-state index contributed by atoms with van der Waals surface area (Å²) in [7, 11) is 0. The van der Waals surface area contributed by atoms with Gasteiger partial charge in [-0.05, 0) is 51.0 Å². The Morgan fingerprint density at radius 3 is 2.94 bits per heavy atom. The number of aromatic nitrogens is 3. The van der Waals surface area contributed by atoms with Crippen LogP contribution in [0.1, 0.15) is 51.1 Å². The highest BCUT2D eigenvalue weighted by atomic mass is 32.2. The maximum absolute atomic E-state index is 13.5. The lowest BCUT2D eigenvalue weighted by molar-refractivity contribution is 0.0702. The Labute approximate surface area is 195 Å². The molecule has 164 valence electrons. The van der Waals surface area contributed by atoms with Crippen LogP contribution in [0.15, 0.2) is 52.1 Å². The van der Waals surface area contributed by atoms with Gasteiger partial charge in [-0.3, -0.25) is 4.79 Å². The van der Waals surface area contributed by atoms with E-state index in [1.807, 2.05) is 43.0 Å². The number of rotatable bonds is 5. The zero-order valence-electron chi connectivity index (χ0n) is 18.1. The molecular weight excluding hydrogens is 440 g/mol. The van der Waals surface area contributed by atoms with Crippen LogP contribution < -0.4 is 0 Å². The zero-order valence-corrected chi connectivity index (χ0v) is 19.7. The molecule has 1 amide bonds. The highest BCUT2D eigenvalue weighted by Crippen LogP contribution is 2.34. The highest BCUT2D eigenvalue weighted by molar-refractivity contribution is 7.98. The van der Waals surface area contributed by atoms with E-state index >= 15 is 0 Å². The third-order valence-electron chi connectivity index (χ3n) is 5.90. The van der Waals surface area contributed by atoms with Crippen LogP contribution in [-0.4, -0.2) is 39.0 Å². The third-order valence-corrected chi connectivity index (χ3v) is 8.13. The minimum absolute atomic E-state index is 0.0465. The Hall–Kier alpha value is -2.71. The summed E-state index contributed by atoms with van der Waals surface area (Å²) in [5.74, 6) is 1.81. The molecule has 6 nitrogen and oxygen atoms in total. The monoisotopic (exact) mass is 464 g/mol. The largest absolute Gasteiger partial charge is 0.361 e. The van der Waals surface area contributed by atoms with Crippen molar-refractivity contribution < 1.29 is 9.32 Å². The fourth-order valence-corrected chi connectivity index (χ4v) is 6.35. The molecule has 4 aromatic rings. The van der Waals surface area contributed by atoms with Gasteiger partial charge < -0.3 is 9.42 Å². The molecule has 1 fully saturated rings. The van der Waals surface area contributed by atoms with E-state index in [4.69, 9.17) is 9.51 Å². The fourth-order valence-electron chi connectivity index (χ4n) is 4.12. The van der Waals surface area contributed by atoms with E-state index in [1.54, 1.807) is 29.3 Å². The number of benzene rings is 1. The normalized spacial score (nSPS) is 16.6. The van der Waals surface area contributed by atoms with E-state index in [-0.39, 0.29) is 11.8 Å². The number of pyridine rings is 1. The fraction of sp³-hybridized carbons (Fsp3) is 0.333. The molecule has 0 N–H and O–H groups in total. The first-order chi connectivity index (χ1) is 15.6. The lowest BCUT2D eigenvalue weighted by Gasteiger charge is -2.32. The second-order valence-corrected chi connectivity index (χ2v) is 10.1. The van der Waals surface area contributed by atoms with Crippen molar-refractivity contribution in [3.8, 4) is 0 Å². The molecule has 1 unspecified atom stereocenters. The summed E-state index contributed by atoms with van der Waals surface area (Å²) in [5, 5.41) is 5.90. The van der Waals surface area contributed by atoms with Gasteiger partial charge in [0.05, 0.1) is 26.5 Å². The van der Waals surface area contributed by atoms with Gasteiger partial charge in [0.1, 0.15) is 10.8 Å². The predicted octanol–water partition coefficient (Wildman–Crippen LogP) is 5.61. The van der Waals surface area contributed by atoms with E-state index in [1.165, 1.54) is 4.70 Å². The van der Waals surface area contributed by atoms with Gasteiger partial charge >= 0.3 is 0 Å². The summed E-state index contributed by atoms with van der Waals surface area (Å²) in [6.07, 6.45) is 3.78. The number of nitrogens with zero attached hydrogens (tertiary/aromatic N) is 4. The van der Waals surface area contributed by atoms with Crippen molar-refractivity contribution in [1.29, 1.82) is 0 Å². The van der Waals surface area contributed by atoms with Crippen LogP contribution in [0.2, 0.25) is 0 Å².